The lowest BCUT2D eigenvalue weighted by Gasteiger charge is -2.13. The van der Waals surface area contributed by atoms with E-state index in [0.717, 1.165) is 11.1 Å². The lowest BCUT2D eigenvalue weighted by atomic mass is 10.2. The van der Waals surface area contributed by atoms with Crippen LogP contribution in [0.2, 0.25) is 0 Å². The second-order valence-corrected chi connectivity index (χ2v) is 4.42. The molecule has 0 saturated heterocycles. The van der Waals surface area contributed by atoms with Gasteiger partial charge in [0.2, 0.25) is 0 Å². The first kappa shape index (κ1) is 13.8. The van der Waals surface area contributed by atoms with Crippen molar-refractivity contribution in [3.8, 4) is 0 Å². The van der Waals surface area contributed by atoms with E-state index in [1.807, 2.05) is 60.7 Å². The number of hydrogen-bond donors (Lipinski definition) is 0. The van der Waals surface area contributed by atoms with E-state index in [1.54, 1.807) is 0 Å². The van der Waals surface area contributed by atoms with Crippen molar-refractivity contribution in [2.75, 3.05) is 6.61 Å². The molecular formula is C17H19O2. The highest BCUT2D eigenvalue weighted by Gasteiger charge is 2.03. The molecule has 0 N–H and O–H groups in total. The summed E-state index contributed by atoms with van der Waals surface area (Å²) in [6, 6.07) is 20.2. The molecule has 0 heterocycles. The molecule has 19 heavy (non-hydrogen) atoms. The molecule has 0 aliphatic rings. The molecule has 2 aromatic rings. The van der Waals surface area contributed by atoms with Crippen molar-refractivity contribution in [1.82, 2.24) is 0 Å². The second-order valence-electron chi connectivity index (χ2n) is 4.42. The molecule has 0 fully saturated rings. The average Bonchev–Trinajstić information content (AvgIpc) is 2.47. The van der Waals surface area contributed by atoms with Gasteiger partial charge in [-0.2, -0.15) is 0 Å². The van der Waals surface area contributed by atoms with Crippen molar-refractivity contribution in [3.05, 3.63) is 78.7 Å². The van der Waals surface area contributed by atoms with Crippen LogP contribution < -0.4 is 0 Å². The highest BCUT2D eigenvalue weighted by Crippen LogP contribution is 2.05. The van der Waals surface area contributed by atoms with Crippen molar-refractivity contribution < 1.29 is 9.47 Å². The largest absolute Gasteiger partial charge is 0.374 e. The molecule has 1 atom stereocenters. The van der Waals surface area contributed by atoms with E-state index in [-0.39, 0.29) is 6.10 Å². The molecule has 0 amide bonds. The first-order valence-electron chi connectivity index (χ1n) is 6.45. The highest BCUT2D eigenvalue weighted by molar-refractivity contribution is 5.14. The standard InChI is InChI=1S/C17H19O2/c1-15(19-14-17-10-6-3-7-11-17)12-18-13-16-8-4-2-5-9-16/h2-11,15H,1,12-14H2. The minimum absolute atomic E-state index is 0.149. The first-order chi connectivity index (χ1) is 9.34. The summed E-state index contributed by atoms with van der Waals surface area (Å²) < 4.78 is 11.2. The van der Waals surface area contributed by atoms with Crippen molar-refractivity contribution in [3.63, 3.8) is 0 Å². The van der Waals surface area contributed by atoms with Gasteiger partial charge in [-0.25, -0.2) is 0 Å². The van der Waals surface area contributed by atoms with Gasteiger partial charge in [0.15, 0.2) is 0 Å². The summed E-state index contributed by atoms with van der Waals surface area (Å²) in [5.41, 5.74) is 2.32. The maximum atomic E-state index is 5.63. The molecule has 2 nitrogen and oxygen atoms in total. The Balaban J connectivity index is 1.64. The number of benzene rings is 2. The molecule has 0 spiro atoms. The number of rotatable bonds is 7. The summed E-state index contributed by atoms with van der Waals surface area (Å²) in [5.74, 6) is 0. The summed E-state index contributed by atoms with van der Waals surface area (Å²) in [6.07, 6.45) is -0.149. The summed E-state index contributed by atoms with van der Waals surface area (Å²) >= 11 is 0. The van der Waals surface area contributed by atoms with Crippen molar-refractivity contribution in [2.45, 2.75) is 19.3 Å². The van der Waals surface area contributed by atoms with Crippen LogP contribution in [0.25, 0.3) is 0 Å². The Kier molecular flexibility index (Phi) is 5.60. The summed E-state index contributed by atoms with van der Waals surface area (Å²) in [6.45, 7) is 5.61. The van der Waals surface area contributed by atoms with Gasteiger partial charge in [-0.05, 0) is 18.1 Å². The monoisotopic (exact) mass is 255 g/mol. The van der Waals surface area contributed by atoms with Crippen LogP contribution in [0, 0.1) is 6.92 Å². The topological polar surface area (TPSA) is 18.5 Å². The molecular weight excluding hydrogens is 236 g/mol. The van der Waals surface area contributed by atoms with E-state index in [2.05, 4.69) is 6.92 Å². The van der Waals surface area contributed by atoms with Gasteiger partial charge in [0, 0.05) is 0 Å². The SMILES string of the molecule is [CH2]C(COCc1ccccc1)OCc1ccccc1. The minimum atomic E-state index is -0.149. The first-order valence-corrected chi connectivity index (χ1v) is 6.45. The van der Waals surface area contributed by atoms with Crippen molar-refractivity contribution >= 4 is 0 Å². The Labute approximate surface area is 115 Å². The summed E-state index contributed by atoms with van der Waals surface area (Å²) in [5, 5.41) is 0. The molecule has 1 radical (unpaired) electrons. The highest BCUT2D eigenvalue weighted by atomic mass is 16.5. The third-order valence-electron chi connectivity index (χ3n) is 2.74. The summed E-state index contributed by atoms with van der Waals surface area (Å²) in [7, 11) is 0. The third-order valence-corrected chi connectivity index (χ3v) is 2.74. The fourth-order valence-corrected chi connectivity index (χ4v) is 1.72. The molecule has 1 unspecified atom stereocenters. The van der Waals surface area contributed by atoms with E-state index >= 15 is 0 Å². The lowest BCUT2D eigenvalue weighted by molar-refractivity contribution is -0.00672. The van der Waals surface area contributed by atoms with Gasteiger partial charge >= 0.3 is 0 Å². The van der Waals surface area contributed by atoms with Gasteiger partial charge in [-0.15, -0.1) is 0 Å². The van der Waals surface area contributed by atoms with E-state index in [0.29, 0.717) is 19.8 Å². The molecule has 2 heteroatoms. The van der Waals surface area contributed by atoms with E-state index in [1.165, 1.54) is 0 Å². The molecule has 0 aliphatic heterocycles. The van der Waals surface area contributed by atoms with Gasteiger partial charge < -0.3 is 9.47 Å². The van der Waals surface area contributed by atoms with Gasteiger partial charge in [0.25, 0.3) is 0 Å². The zero-order valence-corrected chi connectivity index (χ0v) is 11.0. The van der Waals surface area contributed by atoms with Gasteiger partial charge in [-0.3, -0.25) is 0 Å². The quantitative estimate of drug-likeness (QED) is 0.752. The molecule has 2 rings (SSSR count). The van der Waals surface area contributed by atoms with E-state index in [9.17, 15) is 0 Å². The van der Waals surface area contributed by atoms with Crippen LogP contribution in [0.3, 0.4) is 0 Å². The van der Waals surface area contributed by atoms with E-state index < -0.39 is 0 Å². The van der Waals surface area contributed by atoms with Crippen LogP contribution in [0.4, 0.5) is 0 Å². The molecule has 2 aromatic carbocycles. The Hall–Kier alpha value is -1.64. The maximum absolute atomic E-state index is 5.63. The fourth-order valence-electron chi connectivity index (χ4n) is 1.72. The lowest BCUT2D eigenvalue weighted by Crippen LogP contribution is -2.16. The van der Waals surface area contributed by atoms with Gasteiger partial charge in [-0.1, -0.05) is 60.7 Å². The van der Waals surface area contributed by atoms with Crippen LogP contribution in [0.15, 0.2) is 60.7 Å². The maximum Gasteiger partial charge on any atom is 0.0814 e. The number of ether oxygens (including phenoxy) is 2. The molecule has 0 aliphatic carbocycles. The normalized spacial score (nSPS) is 12.3. The third kappa shape index (κ3) is 5.25. The van der Waals surface area contributed by atoms with E-state index in [4.69, 9.17) is 9.47 Å². The fraction of sp³-hybridized carbons (Fsp3) is 0.235. The smallest absolute Gasteiger partial charge is 0.0814 e. The van der Waals surface area contributed by atoms with Crippen molar-refractivity contribution in [2.24, 2.45) is 0 Å². The summed E-state index contributed by atoms with van der Waals surface area (Å²) in [4.78, 5) is 0. The van der Waals surface area contributed by atoms with Crippen LogP contribution >= 0.6 is 0 Å². The van der Waals surface area contributed by atoms with Gasteiger partial charge in [0.05, 0.1) is 25.9 Å². The molecule has 99 valence electrons. The molecule has 0 bridgehead atoms. The molecule has 0 saturated carbocycles. The predicted molar refractivity (Wildman–Crippen MR) is 76.5 cm³/mol. The molecule has 0 aromatic heterocycles. The Bertz CT molecular complexity index is 453. The minimum Gasteiger partial charge on any atom is -0.374 e. The van der Waals surface area contributed by atoms with Gasteiger partial charge in [0.1, 0.15) is 0 Å². The predicted octanol–water partition coefficient (Wildman–Crippen LogP) is 3.62. The van der Waals surface area contributed by atoms with Crippen LogP contribution in [0.1, 0.15) is 11.1 Å². The zero-order valence-electron chi connectivity index (χ0n) is 11.0. The van der Waals surface area contributed by atoms with Crippen LogP contribution in [-0.2, 0) is 22.7 Å². The van der Waals surface area contributed by atoms with Crippen LogP contribution in [0.5, 0.6) is 0 Å². The zero-order chi connectivity index (χ0) is 13.3. The van der Waals surface area contributed by atoms with Crippen LogP contribution in [-0.4, -0.2) is 12.7 Å². The Morgan fingerprint density at radius 1 is 0.789 bits per heavy atom. The Morgan fingerprint density at radius 3 is 1.89 bits per heavy atom. The average molecular weight is 255 g/mol. The number of hydrogen-bond acceptors (Lipinski definition) is 2. The second kappa shape index (κ2) is 7.72. The van der Waals surface area contributed by atoms with Crippen molar-refractivity contribution in [1.29, 1.82) is 0 Å². The Morgan fingerprint density at radius 2 is 1.32 bits per heavy atom.